The molecule has 1 aromatic carbocycles. The molecular formula is C20H27F2N3O3. The van der Waals surface area contributed by atoms with Crippen LogP contribution in [-0.4, -0.2) is 48.7 Å². The Morgan fingerprint density at radius 3 is 2.36 bits per heavy atom. The van der Waals surface area contributed by atoms with Gasteiger partial charge in [-0.05, 0) is 57.6 Å². The molecule has 1 saturated heterocycles. The molecule has 1 spiro atoms. The summed E-state index contributed by atoms with van der Waals surface area (Å²) >= 11 is 0. The number of rotatable bonds is 3. The summed E-state index contributed by atoms with van der Waals surface area (Å²) in [6, 6.07) is 1.98. The summed E-state index contributed by atoms with van der Waals surface area (Å²) in [7, 11) is 1.40. The van der Waals surface area contributed by atoms with Crippen LogP contribution in [0.3, 0.4) is 0 Å². The summed E-state index contributed by atoms with van der Waals surface area (Å²) in [5, 5.41) is 5.26. The minimum atomic E-state index is -0.790. The predicted octanol–water partition coefficient (Wildman–Crippen LogP) is 3.53. The molecule has 1 heterocycles. The van der Waals surface area contributed by atoms with Crippen molar-refractivity contribution in [2.24, 2.45) is 5.41 Å². The first-order valence-electron chi connectivity index (χ1n) is 9.47. The normalized spacial score (nSPS) is 24.1. The van der Waals surface area contributed by atoms with E-state index in [1.165, 1.54) is 7.05 Å². The number of carbonyl (C=O) groups excluding carboxylic acids is 2. The van der Waals surface area contributed by atoms with E-state index in [0.717, 1.165) is 31.4 Å². The smallest absolute Gasteiger partial charge is 0.410 e. The number of likely N-dealkylation sites (tertiary alicyclic amines) is 1. The molecule has 0 unspecified atom stereocenters. The highest BCUT2D eigenvalue weighted by atomic mass is 19.1. The van der Waals surface area contributed by atoms with Crippen molar-refractivity contribution < 1.29 is 23.1 Å². The van der Waals surface area contributed by atoms with Crippen LogP contribution in [0.5, 0.6) is 0 Å². The molecule has 154 valence electrons. The van der Waals surface area contributed by atoms with Crippen LogP contribution in [-0.2, 0) is 4.74 Å². The summed E-state index contributed by atoms with van der Waals surface area (Å²) in [5.74, 6) is -2.12. The van der Waals surface area contributed by atoms with Gasteiger partial charge >= 0.3 is 6.09 Å². The number of benzene rings is 1. The Hall–Kier alpha value is -2.38. The van der Waals surface area contributed by atoms with Crippen LogP contribution < -0.4 is 10.6 Å². The van der Waals surface area contributed by atoms with Crippen LogP contribution >= 0.6 is 0 Å². The molecule has 2 aliphatic rings. The van der Waals surface area contributed by atoms with E-state index >= 15 is 0 Å². The summed E-state index contributed by atoms with van der Waals surface area (Å²) in [6.07, 6.45) is 1.98. The van der Waals surface area contributed by atoms with Gasteiger partial charge < -0.3 is 20.3 Å². The quantitative estimate of drug-likeness (QED) is 0.822. The van der Waals surface area contributed by atoms with Crippen molar-refractivity contribution in [3.8, 4) is 0 Å². The highest BCUT2D eigenvalue weighted by Gasteiger charge is 2.50. The molecule has 0 radical (unpaired) electrons. The molecule has 28 heavy (non-hydrogen) atoms. The first-order valence-corrected chi connectivity index (χ1v) is 9.47. The molecule has 8 heteroatoms. The highest BCUT2D eigenvalue weighted by Crippen LogP contribution is 2.49. The van der Waals surface area contributed by atoms with E-state index in [1.54, 1.807) is 4.90 Å². The third-order valence-electron chi connectivity index (χ3n) is 5.33. The summed E-state index contributed by atoms with van der Waals surface area (Å²) < 4.78 is 34.0. The molecule has 3 rings (SSSR count). The van der Waals surface area contributed by atoms with Crippen LogP contribution in [0.2, 0.25) is 0 Å². The van der Waals surface area contributed by atoms with Gasteiger partial charge in [-0.25, -0.2) is 13.6 Å². The first-order chi connectivity index (χ1) is 13.0. The molecule has 2 amide bonds. The van der Waals surface area contributed by atoms with E-state index in [0.29, 0.717) is 13.1 Å². The van der Waals surface area contributed by atoms with Gasteiger partial charge in [0.2, 0.25) is 0 Å². The van der Waals surface area contributed by atoms with Gasteiger partial charge in [0.1, 0.15) is 22.9 Å². The number of amides is 2. The van der Waals surface area contributed by atoms with E-state index in [1.807, 2.05) is 20.8 Å². The fraction of sp³-hybridized carbons (Fsp3) is 0.600. The summed E-state index contributed by atoms with van der Waals surface area (Å²) in [4.78, 5) is 25.5. The maximum absolute atomic E-state index is 14.3. The predicted molar refractivity (Wildman–Crippen MR) is 101 cm³/mol. The summed E-state index contributed by atoms with van der Waals surface area (Å²) in [6.45, 7) is 6.72. The van der Waals surface area contributed by atoms with Crippen molar-refractivity contribution in [3.05, 3.63) is 29.3 Å². The second-order valence-corrected chi connectivity index (χ2v) is 8.80. The molecule has 1 aromatic rings. The van der Waals surface area contributed by atoms with E-state index in [-0.39, 0.29) is 28.8 Å². The average molecular weight is 395 g/mol. The number of hydrogen-bond acceptors (Lipinski definition) is 4. The van der Waals surface area contributed by atoms with E-state index in [4.69, 9.17) is 4.74 Å². The Balaban J connectivity index is 1.58. The second-order valence-electron chi connectivity index (χ2n) is 8.80. The Kier molecular flexibility index (Phi) is 5.25. The van der Waals surface area contributed by atoms with Gasteiger partial charge in [-0.3, -0.25) is 4.79 Å². The van der Waals surface area contributed by atoms with Crippen molar-refractivity contribution >= 4 is 17.7 Å². The standard InChI is InChI=1S/C20H27F2N3O3/c1-19(2,3)28-18(27)25-6-5-20(11-25)9-13(10-20)24-16-14(21)7-12(8-15(16)22)17(26)23-4/h7-8,13,24H,5-6,9-11H2,1-4H3,(H,23,26). The zero-order valence-corrected chi connectivity index (χ0v) is 16.7. The zero-order valence-electron chi connectivity index (χ0n) is 16.7. The van der Waals surface area contributed by atoms with Gasteiger partial charge in [0, 0.05) is 31.7 Å². The summed E-state index contributed by atoms with van der Waals surface area (Å²) in [5.41, 5.74) is -0.831. The molecule has 0 bridgehead atoms. The van der Waals surface area contributed by atoms with Gasteiger partial charge in [0.25, 0.3) is 5.91 Å². The molecule has 1 aliphatic heterocycles. The Bertz CT molecular complexity index is 762. The van der Waals surface area contributed by atoms with E-state index < -0.39 is 23.1 Å². The van der Waals surface area contributed by atoms with Crippen LogP contribution in [0.15, 0.2) is 12.1 Å². The van der Waals surface area contributed by atoms with Crippen LogP contribution in [0.1, 0.15) is 50.4 Å². The number of hydrogen-bond donors (Lipinski definition) is 2. The number of carbonyl (C=O) groups is 2. The number of nitrogens with one attached hydrogen (secondary N) is 2. The molecular weight excluding hydrogens is 368 g/mol. The number of anilines is 1. The largest absolute Gasteiger partial charge is 0.444 e. The van der Waals surface area contributed by atoms with Gasteiger partial charge in [-0.2, -0.15) is 0 Å². The van der Waals surface area contributed by atoms with Crippen LogP contribution in [0.25, 0.3) is 0 Å². The van der Waals surface area contributed by atoms with Crippen molar-refractivity contribution in [2.45, 2.75) is 51.7 Å². The maximum atomic E-state index is 14.3. The SMILES string of the molecule is CNC(=O)c1cc(F)c(NC2CC3(CCN(C(=O)OC(C)(C)C)C3)C2)c(F)c1. The fourth-order valence-electron chi connectivity index (χ4n) is 4.03. The minimum Gasteiger partial charge on any atom is -0.444 e. The van der Waals surface area contributed by atoms with Crippen molar-refractivity contribution in [3.63, 3.8) is 0 Å². The lowest BCUT2D eigenvalue weighted by Crippen LogP contribution is -2.48. The van der Waals surface area contributed by atoms with Gasteiger partial charge in [-0.1, -0.05) is 0 Å². The molecule has 2 fully saturated rings. The lowest BCUT2D eigenvalue weighted by Gasteiger charge is -2.45. The van der Waals surface area contributed by atoms with E-state index in [2.05, 4.69) is 10.6 Å². The molecule has 2 N–H and O–H groups in total. The molecule has 0 aromatic heterocycles. The maximum Gasteiger partial charge on any atom is 0.410 e. The third-order valence-corrected chi connectivity index (χ3v) is 5.33. The van der Waals surface area contributed by atoms with Crippen molar-refractivity contribution in [2.75, 3.05) is 25.5 Å². The molecule has 0 atom stereocenters. The molecule has 1 aliphatic carbocycles. The van der Waals surface area contributed by atoms with Crippen LogP contribution in [0.4, 0.5) is 19.3 Å². The van der Waals surface area contributed by atoms with E-state index in [9.17, 15) is 18.4 Å². The molecule has 1 saturated carbocycles. The van der Waals surface area contributed by atoms with Gasteiger partial charge in [-0.15, -0.1) is 0 Å². The van der Waals surface area contributed by atoms with Gasteiger partial charge in [0.15, 0.2) is 0 Å². The molecule has 6 nitrogen and oxygen atoms in total. The highest BCUT2D eigenvalue weighted by molar-refractivity contribution is 5.94. The Morgan fingerprint density at radius 2 is 1.82 bits per heavy atom. The second kappa shape index (κ2) is 7.22. The monoisotopic (exact) mass is 395 g/mol. The number of ether oxygens (including phenoxy) is 1. The lowest BCUT2D eigenvalue weighted by molar-refractivity contribution is 0.0237. The first kappa shape index (κ1) is 20.4. The topological polar surface area (TPSA) is 70.7 Å². The fourth-order valence-corrected chi connectivity index (χ4v) is 4.03. The third kappa shape index (κ3) is 4.20. The Labute approximate surface area is 163 Å². The average Bonchev–Trinajstić information content (AvgIpc) is 3.00. The minimum absolute atomic E-state index is 0.0242. The van der Waals surface area contributed by atoms with Crippen molar-refractivity contribution in [1.29, 1.82) is 0 Å². The van der Waals surface area contributed by atoms with Crippen molar-refractivity contribution in [1.82, 2.24) is 10.2 Å². The number of halogens is 2. The zero-order chi connectivity index (χ0) is 20.7. The number of nitrogens with zero attached hydrogens (tertiary/aromatic N) is 1. The Morgan fingerprint density at radius 1 is 1.21 bits per heavy atom. The van der Waals surface area contributed by atoms with Gasteiger partial charge in [0.05, 0.1) is 0 Å². The lowest BCUT2D eigenvalue weighted by atomic mass is 9.65. The van der Waals surface area contributed by atoms with Crippen LogP contribution in [0, 0.1) is 17.0 Å².